The molecular formula is C14H20FN3O. The molecule has 1 aromatic heterocycles. The van der Waals surface area contributed by atoms with Gasteiger partial charge in [-0.2, -0.15) is 0 Å². The zero-order chi connectivity index (χ0) is 13.8. The van der Waals surface area contributed by atoms with E-state index in [0.717, 1.165) is 32.1 Å². The van der Waals surface area contributed by atoms with Gasteiger partial charge in [-0.1, -0.05) is 13.3 Å². The van der Waals surface area contributed by atoms with Crippen LogP contribution in [0.5, 0.6) is 0 Å². The maximum Gasteiger partial charge on any atom is 0.257 e. The second-order valence-corrected chi connectivity index (χ2v) is 4.99. The number of amides is 1. The highest BCUT2D eigenvalue weighted by molar-refractivity contribution is 5.95. The topological polar surface area (TPSA) is 59.2 Å². The summed E-state index contributed by atoms with van der Waals surface area (Å²) in [5.74, 6) is -1.17. The molecule has 1 fully saturated rings. The van der Waals surface area contributed by atoms with Crippen LogP contribution in [0, 0.1) is 5.82 Å². The lowest BCUT2D eigenvalue weighted by Crippen LogP contribution is -2.44. The van der Waals surface area contributed by atoms with Crippen LogP contribution in [0.25, 0.3) is 0 Å². The number of aromatic nitrogens is 1. The maximum absolute atomic E-state index is 13.9. The number of nitrogens with zero attached hydrogens (tertiary/aromatic N) is 2. The molecular weight excluding hydrogens is 245 g/mol. The van der Waals surface area contributed by atoms with E-state index in [0.29, 0.717) is 6.54 Å². The number of halogens is 1. The number of likely N-dealkylation sites (tertiary alicyclic amines) is 1. The Bertz CT molecular complexity index is 462. The third-order valence-electron chi connectivity index (χ3n) is 3.66. The highest BCUT2D eigenvalue weighted by Crippen LogP contribution is 2.24. The predicted octanol–water partition coefficient (Wildman–Crippen LogP) is 2.60. The second-order valence-electron chi connectivity index (χ2n) is 4.99. The third-order valence-corrected chi connectivity index (χ3v) is 3.66. The Morgan fingerprint density at radius 2 is 2.37 bits per heavy atom. The SMILES string of the molecule is CCCC1CCCCN1C(=O)c1ccnc(N)c1F. The molecule has 1 amide bonds. The Labute approximate surface area is 112 Å². The van der Waals surface area contributed by atoms with Gasteiger partial charge in [0.1, 0.15) is 0 Å². The number of pyridine rings is 1. The van der Waals surface area contributed by atoms with Gasteiger partial charge in [0.05, 0.1) is 5.56 Å². The van der Waals surface area contributed by atoms with Gasteiger partial charge in [-0.3, -0.25) is 4.79 Å². The summed E-state index contributed by atoms with van der Waals surface area (Å²) in [5.41, 5.74) is 5.46. The van der Waals surface area contributed by atoms with Crippen molar-refractivity contribution in [2.75, 3.05) is 12.3 Å². The number of hydrogen-bond donors (Lipinski definition) is 1. The molecule has 0 spiro atoms. The summed E-state index contributed by atoms with van der Waals surface area (Å²) in [6, 6.07) is 1.63. The first-order chi connectivity index (χ1) is 9.15. The van der Waals surface area contributed by atoms with Gasteiger partial charge in [-0.05, 0) is 31.7 Å². The molecule has 1 aliphatic rings. The second kappa shape index (κ2) is 5.99. The van der Waals surface area contributed by atoms with E-state index in [4.69, 9.17) is 5.73 Å². The van der Waals surface area contributed by atoms with Gasteiger partial charge in [-0.15, -0.1) is 0 Å². The standard InChI is InChI=1S/C14H20FN3O/c1-2-5-10-6-3-4-9-18(10)14(19)11-7-8-17-13(16)12(11)15/h7-8,10H,2-6,9H2,1H3,(H2,16,17). The number of nitrogens with two attached hydrogens (primary N) is 1. The molecule has 1 aliphatic heterocycles. The van der Waals surface area contributed by atoms with Crippen LogP contribution in [-0.2, 0) is 0 Å². The van der Waals surface area contributed by atoms with Gasteiger partial charge in [0.15, 0.2) is 11.6 Å². The van der Waals surface area contributed by atoms with E-state index in [1.807, 2.05) is 0 Å². The summed E-state index contributed by atoms with van der Waals surface area (Å²) < 4.78 is 13.9. The predicted molar refractivity (Wildman–Crippen MR) is 72.2 cm³/mol. The fourth-order valence-corrected chi connectivity index (χ4v) is 2.68. The number of rotatable bonds is 3. The molecule has 2 heterocycles. The van der Waals surface area contributed by atoms with E-state index in [1.165, 1.54) is 12.3 Å². The van der Waals surface area contributed by atoms with Gasteiger partial charge >= 0.3 is 0 Å². The number of carbonyl (C=O) groups excluding carboxylic acids is 1. The lowest BCUT2D eigenvalue weighted by Gasteiger charge is -2.36. The monoisotopic (exact) mass is 265 g/mol. The third kappa shape index (κ3) is 2.85. The van der Waals surface area contributed by atoms with Gasteiger partial charge in [-0.25, -0.2) is 9.37 Å². The van der Waals surface area contributed by atoms with E-state index >= 15 is 0 Å². The number of carbonyl (C=O) groups is 1. The minimum Gasteiger partial charge on any atom is -0.381 e. The van der Waals surface area contributed by atoms with E-state index in [9.17, 15) is 9.18 Å². The van der Waals surface area contributed by atoms with Crippen molar-refractivity contribution in [3.63, 3.8) is 0 Å². The van der Waals surface area contributed by atoms with Crippen molar-refractivity contribution in [1.82, 2.24) is 9.88 Å². The summed E-state index contributed by atoms with van der Waals surface area (Å²) >= 11 is 0. The van der Waals surface area contributed by atoms with Crippen molar-refractivity contribution >= 4 is 11.7 Å². The molecule has 0 bridgehead atoms. The Morgan fingerprint density at radius 3 is 3.11 bits per heavy atom. The minimum absolute atomic E-state index is 0.0375. The highest BCUT2D eigenvalue weighted by atomic mass is 19.1. The molecule has 19 heavy (non-hydrogen) atoms. The first-order valence-electron chi connectivity index (χ1n) is 6.86. The largest absolute Gasteiger partial charge is 0.381 e. The zero-order valence-corrected chi connectivity index (χ0v) is 11.2. The van der Waals surface area contributed by atoms with E-state index in [1.54, 1.807) is 4.90 Å². The van der Waals surface area contributed by atoms with Crippen LogP contribution in [0.3, 0.4) is 0 Å². The van der Waals surface area contributed by atoms with Gasteiger partial charge in [0, 0.05) is 18.8 Å². The van der Waals surface area contributed by atoms with Crippen molar-refractivity contribution in [3.05, 3.63) is 23.6 Å². The smallest absolute Gasteiger partial charge is 0.257 e. The lowest BCUT2D eigenvalue weighted by molar-refractivity contribution is 0.0596. The van der Waals surface area contributed by atoms with Crippen LogP contribution < -0.4 is 5.73 Å². The van der Waals surface area contributed by atoms with Gasteiger partial charge in [0.25, 0.3) is 5.91 Å². The molecule has 4 nitrogen and oxygen atoms in total. The Morgan fingerprint density at radius 1 is 1.58 bits per heavy atom. The first kappa shape index (κ1) is 13.8. The van der Waals surface area contributed by atoms with Crippen LogP contribution in [0.15, 0.2) is 12.3 Å². The summed E-state index contributed by atoms with van der Waals surface area (Å²) in [6.45, 7) is 2.80. The minimum atomic E-state index is -0.701. The van der Waals surface area contributed by atoms with Crippen LogP contribution in [0.4, 0.5) is 10.2 Å². The Kier molecular flexibility index (Phi) is 4.35. The average Bonchev–Trinajstić information content (AvgIpc) is 2.42. The van der Waals surface area contributed by atoms with Crippen LogP contribution in [0.2, 0.25) is 0 Å². The molecule has 1 saturated heterocycles. The quantitative estimate of drug-likeness (QED) is 0.913. The molecule has 104 valence electrons. The fraction of sp³-hybridized carbons (Fsp3) is 0.571. The van der Waals surface area contributed by atoms with Crippen molar-refractivity contribution in [3.8, 4) is 0 Å². The van der Waals surface area contributed by atoms with Gasteiger partial charge in [0.2, 0.25) is 0 Å². The van der Waals surface area contributed by atoms with Crippen molar-refractivity contribution < 1.29 is 9.18 Å². The van der Waals surface area contributed by atoms with E-state index < -0.39 is 5.82 Å². The lowest BCUT2D eigenvalue weighted by atomic mass is 9.97. The van der Waals surface area contributed by atoms with E-state index in [2.05, 4.69) is 11.9 Å². The van der Waals surface area contributed by atoms with Crippen molar-refractivity contribution in [2.24, 2.45) is 0 Å². The van der Waals surface area contributed by atoms with Crippen LogP contribution in [0.1, 0.15) is 49.4 Å². The molecule has 0 aliphatic carbocycles. The average molecular weight is 265 g/mol. The molecule has 1 unspecified atom stereocenters. The van der Waals surface area contributed by atoms with Crippen molar-refractivity contribution in [2.45, 2.75) is 45.1 Å². The molecule has 5 heteroatoms. The summed E-state index contributed by atoms with van der Waals surface area (Å²) in [6.07, 6.45) is 6.49. The molecule has 0 radical (unpaired) electrons. The Balaban J connectivity index is 2.23. The summed E-state index contributed by atoms with van der Waals surface area (Å²) in [7, 11) is 0. The highest BCUT2D eigenvalue weighted by Gasteiger charge is 2.28. The molecule has 0 aromatic carbocycles. The number of hydrogen-bond acceptors (Lipinski definition) is 3. The van der Waals surface area contributed by atoms with E-state index in [-0.39, 0.29) is 23.3 Å². The van der Waals surface area contributed by atoms with Crippen molar-refractivity contribution in [1.29, 1.82) is 0 Å². The summed E-state index contributed by atoms with van der Waals surface area (Å²) in [4.78, 5) is 17.9. The number of piperidine rings is 1. The number of anilines is 1. The van der Waals surface area contributed by atoms with Gasteiger partial charge < -0.3 is 10.6 Å². The number of nitrogen functional groups attached to an aromatic ring is 1. The molecule has 1 atom stereocenters. The molecule has 2 N–H and O–H groups in total. The Hall–Kier alpha value is -1.65. The maximum atomic E-state index is 13.9. The summed E-state index contributed by atoms with van der Waals surface area (Å²) in [5, 5.41) is 0. The zero-order valence-electron chi connectivity index (χ0n) is 11.2. The molecule has 2 rings (SSSR count). The molecule has 0 saturated carbocycles. The van der Waals surface area contributed by atoms with Crippen LogP contribution >= 0.6 is 0 Å². The first-order valence-corrected chi connectivity index (χ1v) is 6.86. The normalized spacial score (nSPS) is 19.5. The van der Waals surface area contributed by atoms with Crippen LogP contribution in [-0.4, -0.2) is 28.4 Å². The molecule has 1 aromatic rings. The fourth-order valence-electron chi connectivity index (χ4n) is 2.68.